The molecular formula is C4H8Cl4N2. The molecule has 0 bridgehead atoms. The highest BCUT2D eigenvalue weighted by atomic mass is 35.5. The number of rotatable bonds is 0. The molecule has 0 fully saturated rings. The van der Waals surface area contributed by atoms with Crippen molar-refractivity contribution in [3.8, 4) is 0 Å². The smallest absolute Gasteiger partial charge is 0.0451 e. The van der Waals surface area contributed by atoms with Crippen LogP contribution in [0.1, 0.15) is 0 Å². The molecule has 2 nitrogen and oxygen atoms in total. The summed E-state index contributed by atoms with van der Waals surface area (Å²) in [5.74, 6) is 0. The molecule has 1 heterocycles. The lowest BCUT2D eigenvalue weighted by Crippen LogP contribution is -1.66. The molecular weight excluding hydrogens is 218 g/mol. The van der Waals surface area contributed by atoms with E-state index in [1.807, 2.05) is 0 Å². The van der Waals surface area contributed by atoms with Gasteiger partial charge in [-0.3, -0.25) is 9.97 Å². The lowest BCUT2D eigenvalue weighted by atomic mass is 10.8. The molecule has 0 saturated carbocycles. The largest absolute Gasteiger partial charge is 0.262 e. The highest BCUT2D eigenvalue weighted by molar-refractivity contribution is 5.86. The second-order valence-electron chi connectivity index (χ2n) is 0.894. The first-order chi connectivity index (χ1) is 3.00. The highest BCUT2D eigenvalue weighted by Crippen LogP contribution is 1.65. The molecule has 0 unspecified atom stereocenters. The normalized spacial score (nSPS) is 4.80. The fraction of sp³-hybridized carbons (Fsp3) is 0. The van der Waals surface area contributed by atoms with E-state index in [-0.39, 0.29) is 49.6 Å². The molecule has 1 rings (SSSR count). The molecule has 0 aliphatic carbocycles. The summed E-state index contributed by atoms with van der Waals surface area (Å²) in [7, 11) is 0. The van der Waals surface area contributed by atoms with Crippen molar-refractivity contribution in [3.05, 3.63) is 24.8 Å². The first kappa shape index (κ1) is 22.5. The van der Waals surface area contributed by atoms with Crippen molar-refractivity contribution in [2.45, 2.75) is 0 Å². The minimum atomic E-state index is 0. The van der Waals surface area contributed by atoms with E-state index < -0.39 is 0 Å². The van der Waals surface area contributed by atoms with Crippen LogP contribution in [0.2, 0.25) is 0 Å². The van der Waals surface area contributed by atoms with Crippen molar-refractivity contribution in [3.63, 3.8) is 0 Å². The van der Waals surface area contributed by atoms with Gasteiger partial charge in [-0.1, -0.05) is 0 Å². The van der Waals surface area contributed by atoms with Crippen LogP contribution in [0.4, 0.5) is 0 Å². The number of nitrogens with zero attached hydrogens (tertiary/aromatic N) is 2. The molecule has 10 heavy (non-hydrogen) atoms. The van der Waals surface area contributed by atoms with Crippen LogP contribution in [0.3, 0.4) is 0 Å². The van der Waals surface area contributed by atoms with Gasteiger partial charge in [0.05, 0.1) is 0 Å². The molecule has 1 aromatic heterocycles. The molecule has 0 aromatic carbocycles. The Morgan fingerprint density at radius 3 is 0.800 bits per heavy atom. The van der Waals surface area contributed by atoms with Gasteiger partial charge < -0.3 is 0 Å². The van der Waals surface area contributed by atoms with E-state index >= 15 is 0 Å². The molecule has 0 saturated heterocycles. The number of aromatic nitrogens is 2. The van der Waals surface area contributed by atoms with Crippen molar-refractivity contribution in [2.75, 3.05) is 0 Å². The summed E-state index contributed by atoms with van der Waals surface area (Å²) in [5, 5.41) is 0. The Labute approximate surface area is 84.5 Å². The zero-order valence-electron chi connectivity index (χ0n) is 4.84. The van der Waals surface area contributed by atoms with Gasteiger partial charge in [-0.15, -0.1) is 49.6 Å². The first-order valence-electron chi connectivity index (χ1n) is 1.70. The third kappa shape index (κ3) is 11.1. The van der Waals surface area contributed by atoms with Crippen molar-refractivity contribution >= 4 is 49.6 Å². The Kier molecular flexibility index (Phi) is 36.2. The van der Waals surface area contributed by atoms with E-state index in [2.05, 4.69) is 9.97 Å². The van der Waals surface area contributed by atoms with Gasteiger partial charge in [0, 0.05) is 24.8 Å². The minimum absolute atomic E-state index is 0. The Balaban J connectivity index is -0.0000000450. The van der Waals surface area contributed by atoms with E-state index in [1.54, 1.807) is 24.8 Å². The summed E-state index contributed by atoms with van der Waals surface area (Å²) < 4.78 is 0. The second-order valence-corrected chi connectivity index (χ2v) is 0.894. The van der Waals surface area contributed by atoms with Crippen LogP contribution in [0.25, 0.3) is 0 Å². The quantitative estimate of drug-likeness (QED) is 0.677. The van der Waals surface area contributed by atoms with Crippen LogP contribution in [0.15, 0.2) is 24.8 Å². The topological polar surface area (TPSA) is 25.8 Å². The monoisotopic (exact) mass is 224 g/mol. The third-order valence-electron chi connectivity index (χ3n) is 0.478. The van der Waals surface area contributed by atoms with E-state index in [4.69, 9.17) is 0 Å². The molecule has 0 N–H and O–H groups in total. The van der Waals surface area contributed by atoms with E-state index in [0.29, 0.717) is 0 Å². The number of hydrogen-bond acceptors (Lipinski definition) is 2. The van der Waals surface area contributed by atoms with Crippen molar-refractivity contribution in [2.24, 2.45) is 0 Å². The van der Waals surface area contributed by atoms with Crippen molar-refractivity contribution in [1.29, 1.82) is 0 Å². The van der Waals surface area contributed by atoms with E-state index in [9.17, 15) is 0 Å². The molecule has 0 aliphatic rings. The van der Waals surface area contributed by atoms with Gasteiger partial charge in [0.25, 0.3) is 0 Å². The Hall–Kier alpha value is 0.240. The maximum absolute atomic E-state index is 3.72. The average Bonchev–Trinajstić information content (AvgIpc) is 1.72. The van der Waals surface area contributed by atoms with Crippen LogP contribution in [-0.2, 0) is 0 Å². The first-order valence-corrected chi connectivity index (χ1v) is 1.70. The lowest BCUT2D eigenvalue weighted by molar-refractivity contribution is 1.20. The van der Waals surface area contributed by atoms with E-state index in [0.717, 1.165) is 0 Å². The van der Waals surface area contributed by atoms with Gasteiger partial charge in [0.2, 0.25) is 0 Å². The zero-order valence-corrected chi connectivity index (χ0v) is 8.10. The van der Waals surface area contributed by atoms with Gasteiger partial charge in [0.15, 0.2) is 0 Å². The van der Waals surface area contributed by atoms with Crippen molar-refractivity contribution in [1.82, 2.24) is 9.97 Å². The van der Waals surface area contributed by atoms with Gasteiger partial charge in [0.1, 0.15) is 0 Å². The van der Waals surface area contributed by atoms with E-state index in [1.165, 1.54) is 0 Å². The van der Waals surface area contributed by atoms with Crippen LogP contribution in [-0.4, -0.2) is 9.97 Å². The molecule has 62 valence electrons. The average molecular weight is 226 g/mol. The van der Waals surface area contributed by atoms with Crippen LogP contribution in [0.5, 0.6) is 0 Å². The minimum Gasteiger partial charge on any atom is -0.262 e. The Morgan fingerprint density at radius 1 is 0.500 bits per heavy atom. The fourth-order valence-corrected chi connectivity index (χ4v) is 0.253. The van der Waals surface area contributed by atoms with Gasteiger partial charge in [-0.25, -0.2) is 0 Å². The van der Waals surface area contributed by atoms with Crippen molar-refractivity contribution < 1.29 is 0 Å². The maximum atomic E-state index is 3.72. The molecule has 0 amide bonds. The molecule has 0 radical (unpaired) electrons. The van der Waals surface area contributed by atoms with Crippen LogP contribution < -0.4 is 0 Å². The summed E-state index contributed by atoms with van der Waals surface area (Å²) in [6.07, 6.45) is 6.56. The molecule has 0 aliphatic heterocycles. The van der Waals surface area contributed by atoms with Crippen LogP contribution >= 0.6 is 49.6 Å². The summed E-state index contributed by atoms with van der Waals surface area (Å²) in [4.78, 5) is 7.44. The SMILES string of the molecule is Cl.Cl.Cl.Cl.c1cnccn1. The number of halogens is 4. The van der Waals surface area contributed by atoms with Crippen LogP contribution in [0, 0.1) is 0 Å². The molecule has 0 atom stereocenters. The fourth-order valence-electron chi connectivity index (χ4n) is 0.253. The number of hydrogen-bond donors (Lipinski definition) is 0. The lowest BCUT2D eigenvalue weighted by Gasteiger charge is -1.70. The molecule has 1 aromatic rings. The second kappa shape index (κ2) is 16.1. The summed E-state index contributed by atoms with van der Waals surface area (Å²) in [6, 6.07) is 0. The summed E-state index contributed by atoms with van der Waals surface area (Å²) in [5.41, 5.74) is 0. The van der Waals surface area contributed by atoms with Gasteiger partial charge in [-0.05, 0) is 0 Å². The zero-order chi connectivity index (χ0) is 4.24. The third-order valence-corrected chi connectivity index (χ3v) is 0.478. The Bertz CT molecular complexity index is 87.2. The summed E-state index contributed by atoms with van der Waals surface area (Å²) >= 11 is 0. The van der Waals surface area contributed by atoms with Gasteiger partial charge in [-0.2, -0.15) is 0 Å². The predicted molar refractivity (Wildman–Crippen MR) is 51.0 cm³/mol. The predicted octanol–water partition coefficient (Wildman–Crippen LogP) is 2.16. The highest BCUT2D eigenvalue weighted by Gasteiger charge is 1.59. The summed E-state index contributed by atoms with van der Waals surface area (Å²) in [6.45, 7) is 0. The maximum Gasteiger partial charge on any atom is 0.0451 e. The Morgan fingerprint density at radius 2 is 0.700 bits per heavy atom. The molecule has 6 heteroatoms. The van der Waals surface area contributed by atoms with Gasteiger partial charge >= 0.3 is 0 Å². The standard InChI is InChI=1S/C4H4N2.4ClH/c1-2-6-4-3-5-1;;;;/h1-4H;4*1H. The molecule has 0 spiro atoms.